The molecule has 0 radical (unpaired) electrons. The third kappa shape index (κ3) is 4.45. The number of amides is 2. The summed E-state index contributed by atoms with van der Waals surface area (Å²) in [5.74, 6) is -1.99. The first-order chi connectivity index (χ1) is 11.0. The Bertz CT molecular complexity index is 700. The smallest absolute Gasteiger partial charge is 0.313 e. The highest BCUT2D eigenvalue weighted by Gasteiger charge is 2.17. The Hall–Kier alpha value is -3.06. The van der Waals surface area contributed by atoms with Crippen LogP contribution in [0.4, 0.5) is 5.69 Å². The van der Waals surface area contributed by atoms with E-state index in [-0.39, 0.29) is 23.7 Å². The summed E-state index contributed by atoms with van der Waals surface area (Å²) in [6.45, 7) is -0.169. The van der Waals surface area contributed by atoms with E-state index < -0.39 is 17.9 Å². The van der Waals surface area contributed by atoms with E-state index in [9.17, 15) is 19.8 Å². The van der Waals surface area contributed by atoms with Gasteiger partial charge in [0.1, 0.15) is 11.5 Å². The lowest BCUT2D eigenvalue weighted by Crippen LogP contribution is -2.37. The summed E-state index contributed by atoms with van der Waals surface area (Å²) in [5.41, 5.74) is 0.607. The highest BCUT2D eigenvalue weighted by Crippen LogP contribution is 2.21. The maximum atomic E-state index is 11.7. The number of aromatic hydroxyl groups is 2. The van der Waals surface area contributed by atoms with Crippen molar-refractivity contribution < 1.29 is 24.9 Å². The summed E-state index contributed by atoms with van der Waals surface area (Å²) in [4.78, 5) is 23.4. The number of benzene rings is 2. The molecule has 0 spiro atoms. The third-order valence-corrected chi connectivity index (χ3v) is 3.09. The molecule has 1 unspecified atom stereocenters. The van der Waals surface area contributed by atoms with Gasteiger partial charge in [-0.1, -0.05) is 24.3 Å². The van der Waals surface area contributed by atoms with Crippen LogP contribution in [0.25, 0.3) is 0 Å². The number of phenolic OH excluding ortho intramolecular Hbond substituents is 2. The van der Waals surface area contributed by atoms with Crippen LogP contribution in [0.1, 0.15) is 11.7 Å². The maximum absolute atomic E-state index is 11.7. The Morgan fingerprint density at radius 1 is 0.957 bits per heavy atom. The molecule has 5 N–H and O–H groups in total. The number of carbonyl (C=O) groups excluding carboxylic acids is 2. The second kappa shape index (κ2) is 7.28. The van der Waals surface area contributed by atoms with Gasteiger partial charge < -0.3 is 26.0 Å². The fraction of sp³-hybridized carbons (Fsp3) is 0.125. The first-order valence-corrected chi connectivity index (χ1v) is 6.81. The van der Waals surface area contributed by atoms with Gasteiger partial charge in [-0.05, 0) is 29.8 Å². The molecule has 2 amide bonds. The lowest BCUT2D eigenvalue weighted by Gasteiger charge is -2.12. The van der Waals surface area contributed by atoms with Crippen LogP contribution in [0, 0.1) is 0 Å². The van der Waals surface area contributed by atoms with Crippen molar-refractivity contribution in [1.29, 1.82) is 0 Å². The molecule has 0 fully saturated rings. The zero-order chi connectivity index (χ0) is 16.8. The van der Waals surface area contributed by atoms with Gasteiger partial charge in [0.2, 0.25) is 0 Å². The lowest BCUT2D eigenvalue weighted by molar-refractivity contribution is -0.136. The normalized spacial score (nSPS) is 11.5. The van der Waals surface area contributed by atoms with E-state index in [1.54, 1.807) is 12.1 Å². The number of hydrogen-bond acceptors (Lipinski definition) is 5. The van der Waals surface area contributed by atoms with E-state index in [0.717, 1.165) is 0 Å². The van der Waals surface area contributed by atoms with Gasteiger partial charge in [-0.25, -0.2) is 0 Å². The molecule has 23 heavy (non-hydrogen) atoms. The molecule has 0 saturated carbocycles. The Morgan fingerprint density at radius 3 is 2.26 bits per heavy atom. The molecule has 0 aliphatic rings. The van der Waals surface area contributed by atoms with Crippen LogP contribution in [0.5, 0.6) is 11.5 Å². The third-order valence-electron chi connectivity index (χ3n) is 3.09. The number of phenols is 2. The van der Waals surface area contributed by atoms with E-state index in [4.69, 9.17) is 5.11 Å². The van der Waals surface area contributed by atoms with Crippen LogP contribution in [0.15, 0.2) is 48.5 Å². The first kappa shape index (κ1) is 16.3. The fourth-order valence-electron chi connectivity index (χ4n) is 1.84. The lowest BCUT2D eigenvalue weighted by atomic mass is 10.1. The summed E-state index contributed by atoms with van der Waals surface area (Å²) in [6, 6.07) is 11.8. The van der Waals surface area contributed by atoms with E-state index >= 15 is 0 Å². The number of carbonyl (C=O) groups is 2. The van der Waals surface area contributed by atoms with E-state index in [2.05, 4.69) is 10.6 Å². The summed E-state index contributed by atoms with van der Waals surface area (Å²) < 4.78 is 0. The molecule has 2 aromatic carbocycles. The van der Waals surface area contributed by atoms with Gasteiger partial charge >= 0.3 is 11.8 Å². The minimum absolute atomic E-state index is 0.0621. The van der Waals surface area contributed by atoms with E-state index in [1.807, 2.05) is 0 Å². The Morgan fingerprint density at radius 2 is 1.61 bits per heavy atom. The largest absolute Gasteiger partial charge is 0.508 e. The first-order valence-electron chi connectivity index (χ1n) is 6.81. The monoisotopic (exact) mass is 316 g/mol. The van der Waals surface area contributed by atoms with E-state index in [1.165, 1.54) is 36.4 Å². The average molecular weight is 316 g/mol. The number of aliphatic hydroxyl groups excluding tert-OH is 1. The summed E-state index contributed by atoms with van der Waals surface area (Å²) in [7, 11) is 0. The minimum atomic E-state index is -1.02. The predicted molar refractivity (Wildman–Crippen MR) is 82.8 cm³/mol. The zero-order valence-electron chi connectivity index (χ0n) is 12.1. The molecule has 7 nitrogen and oxygen atoms in total. The highest BCUT2D eigenvalue weighted by atomic mass is 16.3. The second-order valence-electron chi connectivity index (χ2n) is 4.79. The molecule has 7 heteroatoms. The maximum Gasteiger partial charge on any atom is 0.313 e. The molecule has 1 atom stereocenters. The molecule has 0 aliphatic heterocycles. The highest BCUT2D eigenvalue weighted by molar-refractivity contribution is 6.39. The Balaban J connectivity index is 1.87. The quantitative estimate of drug-likeness (QED) is 0.424. The molecule has 0 heterocycles. The number of anilines is 1. The van der Waals surface area contributed by atoms with Crippen LogP contribution >= 0.6 is 0 Å². The molecule has 120 valence electrons. The molecule has 2 aromatic rings. The van der Waals surface area contributed by atoms with Crippen LogP contribution in [-0.2, 0) is 9.59 Å². The molecule has 0 bridgehead atoms. The predicted octanol–water partition coefficient (Wildman–Crippen LogP) is 0.886. The van der Waals surface area contributed by atoms with Crippen LogP contribution < -0.4 is 10.6 Å². The van der Waals surface area contributed by atoms with Gasteiger partial charge in [0.15, 0.2) is 0 Å². The van der Waals surface area contributed by atoms with Gasteiger partial charge in [-0.2, -0.15) is 0 Å². The van der Waals surface area contributed by atoms with E-state index in [0.29, 0.717) is 5.56 Å². The molecule has 0 saturated heterocycles. The summed E-state index contributed by atoms with van der Waals surface area (Å²) in [6.07, 6.45) is -1.02. The number of nitrogens with one attached hydrogen (secondary N) is 2. The van der Waals surface area contributed by atoms with Crippen molar-refractivity contribution in [3.8, 4) is 11.5 Å². The van der Waals surface area contributed by atoms with Crippen LogP contribution in [0.2, 0.25) is 0 Å². The summed E-state index contributed by atoms with van der Waals surface area (Å²) in [5, 5.41) is 33.2. The van der Waals surface area contributed by atoms with Gasteiger partial charge in [0.25, 0.3) is 0 Å². The van der Waals surface area contributed by atoms with Crippen molar-refractivity contribution in [3.63, 3.8) is 0 Å². The second-order valence-corrected chi connectivity index (χ2v) is 4.79. The number of rotatable bonds is 4. The molecule has 0 aliphatic carbocycles. The van der Waals surface area contributed by atoms with Crippen molar-refractivity contribution in [1.82, 2.24) is 5.32 Å². The molecular weight excluding hydrogens is 300 g/mol. The summed E-state index contributed by atoms with van der Waals surface area (Å²) >= 11 is 0. The average Bonchev–Trinajstić information content (AvgIpc) is 2.55. The van der Waals surface area contributed by atoms with Gasteiger partial charge in [0, 0.05) is 6.54 Å². The van der Waals surface area contributed by atoms with Crippen molar-refractivity contribution >= 4 is 17.5 Å². The molecular formula is C16H16N2O5. The number of hydrogen-bond donors (Lipinski definition) is 5. The van der Waals surface area contributed by atoms with Crippen molar-refractivity contribution in [2.24, 2.45) is 0 Å². The van der Waals surface area contributed by atoms with Crippen LogP contribution in [0.3, 0.4) is 0 Å². The molecule has 2 rings (SSSR count). The topological polar surface area (TPSA) is 119 Å². The molecule has 0 aromatic heterocycles. The van der Waals surface area contributed by atoms with Crippen molar-refractivity contribution in [3.05, 3.63) is 54.1 Å². The zero-order valence-corrected chi connectivity index (χ0v) is 12.1. The SMILES string of the molecule is O=C(NCC(O)c1ccc(O)cc1)C(=O)Nc1ccccc1O. The van der Waals surface area contributed by atoms with Crippen molar-refractivity contribution in [2.75, 3.05) is 11.9 Å². The number of aliphatic hydroxyl groups is 1. The standard InChI is InChI=1S/C16H16N2O5/c19-11-7-5-10(6-8-11)14(21)9-17-15(22)16(23)18-12-3-1-2-4-13(12)20/h1-8,14,19-21H,9H2,(H,17,22)(H,18,23). The van der Waals surface area contributed by atoms with Crippen LogP contribution in [-0.4, -0.2) is 33.7 Å². The Labute approximate surface area is 132 Å². The Kier molecular flexibility index (Phi) is 5.16. The van der Waals surface area contributed by atoms with Gasteiger partial charge in [-0.15, -0.1) is 0 Å². The number of para-hydroxylation sites is 2. The minimum Gasteiger partial charge on any atom is -0.508 e. The van der Waals surface area contributed by atoms with Gasteiger partial charge in [-0.3, -0.25) is 9.59 Å². The van der Waals surface area contributed by atoms with Gasteiger partial charge in [0.05, 0.1) is 11.8 Å². The fourth-order valence-corrected chi connectivity index (χ4v) is 1.84. The van der Waals surface area contributed by atoms with Crippen molar-refractivity contribution in [2.45, 2.75) is 6.10 Å².